The van der Waals surface area contributed by atoms with Crippen molar-refractivity contribution in [3.63, 3.8) is 0 Å². The van der Waals surface area contributed by atoms with Crippen LogP contribution in [0.5, 0.6) is 0 Å². The highest BCUT2D eigenvalue weighted by molar-refractivity contribution is 6.31. The van der Waals surface area contributed by atoms with Crippen LogP contribution in [0.15, 0.2) is 18.2 Å². The van der Waals surface area contributed by atoms with E-state index >= 15 is 0 Å². The normalized spacial score (nSPS) is 10.4. The zero-order valence-electron chi connectivity index (χ0n) is 10.7. The summed E-state index contributed by atoms with van der Waals surface area (Å²) in [6, 6.07) is 7.87. The van der Waals surface area contributed by atoms with E-state index in [2.05, 4.69) is 11.1 Å². The molecule has 0 aliphatic carbocycles. The molecule has 1 heterocycles. The third kappa shape index (κ3) is 2.12. The molecule has 0 spiro atoms. The highest BCUT2D eigenvalue weighted by atomic mass is 35.5. The molecule has 1 aromatic heterocycles. The minimum atomic E-state index is 0.366. The van der Waals surface area contributed by atoms with Crippen LogP contribution in [-0.2, 0) is 6.42 Å². The number of fused-ring (bicyclic) bond motifs is 1. The quantitative estimate of drug-likeness (QED) is 0.831. The predicted octanol–water partition coefficient (Wildman–Crippen LogP) is 3.33. The Labute approximate surface area is 112 Å². The van der Waals surface area contributed by atoms with E-state index in [0.29, 0.717) is 11.4 Å². The van der Waals surface area contributed by atoms with Gasteiger partial charge in [-0.1, -0.05) is 11.6 Å². The van der Waals surface area contributed by atoms with Crippen LogP contribution >= 0.6 is 11.6 Å². The number of halogens is 1. The first-order valence-corrected chi connectivity index (χ1v) is 6.05. The van der Waals surface area contributed by atoms with Gasteiger partial charge in [0.15, 0.2) is 0 Å². The molecule has 0 N–H and O–H groups in total. The summed E-state index contributed by atoms with van der Waals surface area (Å²) in [4.78, 5) is 6.56. The van der Waals surface area contributed by atoms with Gasteiger partial charge in [0, 0.05) is 35.8 Å². The van der Waals surface area contributed by atoms with Gasteiger partial charge in [-0.25, -0.2) is 0 Å². The van der Waals surface area contributed by atoms with Gasteiger partial charge in [-0.15, -0.1) is 0 Å². The van der Waals surface area contributed by atoms with E-state index in [4.69, 9.17) is 16.9 Å². The summed E-state index contributed by atoms with van der Waals surface area (Å²) in [5, 5.41) is 10.7. The first-order valence-electron chi connectivity index (χ1n) is 5.67. The van der Waals surface area contributed by atoms with Crippen molar-refractivity contribution in [2.24, 2.45) is 0 Å². The highest BCUT2D eigenvalue weighted by Crippen LogP contribution is 2.32. The number of anilines is 1. The van der Waals surface area contributed by atoms with Crippen molar-refractivity contribution in [1.29, 1.82) is 5.26 Å². The fraction of sp³-hybridized carbons (Fsp3) is 0.286. The third-order valence-electron chi connectivity index (χ3n) is 2.93. The third-order valence-corrected chi connectivity index (χ3v) is 3.16. The molecule has 92 valence electrons. The zero-order valence-corrected chi connectivity index (χ0v) is 11.4. The van der Waals surface area contributed by atoms with Crippen molar-refractivity contribution in [2.75, 3.05) is 19.0 Å². The van der Waals surface area contributed by atoms with E-state index in [1.165, 1.54) is 0 Å². The lowest BCUT2D eigenvalue weighted by atomic mass is 10.0. The van der Waals surface area contributed by atoms with Crippen LogP contribution < -0.4 is 4.90 Å². The summed E-state index contributed by atoms with van der Waals surface area (Å²) in [5.41, 5.74) is 3.79. The van der Waals surface area contributed by atoms with Gasteiger partial charge >= 0.3 is 0 Å². The van der Waals surface area contributed by atoms with Gasteiger partial charge in [0.2, 0.25) is 0 Å². The van der Waals surface area contributed by atoms with Crippen LogP contribution in [-0.4, -0.2) is 19.1 Å². The molecular weight excluding hydrogens is 246 g/mol. The van der Waals surface area contributed by atoms with E-state index in [-0.39, 0.29) is 0 Å². The summed E-state index contributed by atoms with van der Waals surface area (Å²) in [5.74, 6) is 0. The lowest BCUT2D eigenvalue weighted by Gasteiger charge is -2.20. The van der Waals surface area contributed by atoms with E-state index in [9.17, 15) is 0 Å². The molecule has 18 heavy (non-hydrogen) atoms. The number of hydrogen-bond acceptors (Lipinski definition) is 3. The Kier molecular flexibility index (Phi) is 3.40. The number of benzene rings is 1. The van der Waals surface area contributed by atoms with Crippen LogP contribution in [0.3, 0.4) is 0 Å². The van der Waals surface area contributed by atoms with Crippen molar-refractivity contribution >= 4 is 28.2 Å². The van der Waals surface area contributed by atoms with Crippen molar-refractivity contribution in [3.05, 3.63) is 34.5 Å². The number of aromatic nitrogens is 1. The average Bonchev–Trinajstić information content (AvgIpc) is 2.29. The summed E-state index contributed by atoms with van der Waals surface area (Å²) < 4.78 is 0. The molecule has 2 rings (SSSR count). The number of rotatable bonds is 2. The first kappa shape index (κ1) is 12.7. The van der Waals surface area contributed by atoms with E-state index < -0.39 is 0 Å². The molecule has 0 fully saturated rings. The van der Waals surface area contributed by atoms with Gasteiger partial charge in [-0.3, -0.25) is 4.98 Å². The van der Waals surface area contributed by atoms with Crippen molar-refractivity contribution in [1.82, 2.24) is 4.98 Å². The second-order valence-electron chi connectivity index (χ2n) is 4.42. The minimum absolute atomic E-state index is 0.366. The van der Waals surface area contributed by atoms with Crippen LogP contribution in [0.4, 0.5) is 5.69 Å². The zero-order chi connectivity index (χ0) is 13.3. The fourth-order valence-electron chi connectivity index (χ4n) is 2.18. The second-order valence-corrected chi connectivity index (χ2v) is 4.85. The molecule has 4 heteroatoms. The van der Waals surface area contributed by atoms with Gasteiger partial charge in [-0.2, -0.15) is 5.26 Å². The number of aryl methyl sites for hydroxylation is 1. The maximum Gasteiger partial charge on any atom is 0.0741 e. The SMILES string of the molecule is Cc1nc2cc(Cl)ccc2c(N(C)C)c1CC#N. The molecule has 0 saturated carbocycles. The van der Waals surface area contributed by atoms with E-state index in [1.54, 1.807) is 0 Å². The lowest BCUT2D eigenvalue weighted by Crippen LogP contribution is -2.13. The van der Waals surface area contributed by atoms with Crippen molar-refractivity contribution in [2.45, 2.75) is 13.3 Å². The van der Waals surface area contributed by atoms with Gasteiger partial charge in [0.05, 0.1) is 23.7 Å². The Morgan fingerprint density at radius 2 is 2.11 bits per heavy atom. The Balaban J connectivity index is 2.85. The summed E-state index contributed by atoms with van der Waals surface area (Å²) in [6.07, 6.45) is 0.366. The number of pyridine rings is 1. The molecule has 0 amide bonds. The first-order chi connectivity index (χ1) is 8.54. The van der Waals surface area contributed by atoms with Gasteiger partial charge in [0.1, 0.15) is 0 Å². The van der Waals surface area contributed by atoms with Gasteiger partial charge in [-0.05, 0) is 25.1 Å². The molecule has 0 aliphatic heterocycles. The number of nitriles is 1. The van der Waals surface area contributed by atoms with Crippen molar-refractivity contribution < 1.29 is 0 Å². The second kappa shape index (κ2) is 4.83. The maximum absolute atomic E-state index is 8.95. The number of nitrogens with zero attached hydrogens (tertiary/aromatic N) is 3. The highest BCUT2D eigenvalue weighted by Gasteiger charge is 2.14. The van der Waals surface area contributed by atoms with E-state index in [0.717, 1.165) is 27.8 Å². The summed E-state index contributed by atoms with van der Waals surface area (Å²) >= 11 is 6.00. The topological polar surface area (TPSA) is 39.9 Å². The van der Waals surface area contributed by atoms with E-state index in [1.807, 2.05) is 44.1 Å². The molecule has 0 atom stereocenters. The Hall–Kier alpha value is -1.79. The molecule has 0 bridgehead atoms. The monoisotopic (exact) mass is 259 g/mol. The van der Waals surface area contributed by atoms with Crippen LogP contribution in [0.2, 0.25) is 5.02 Å². The molecule has 0 saturated heterocycles. The maximum atomic E-state index is 8.95. The Morgan fingerprint density at radius 1 is 1.39 bits per heavy atom. The summed E-state index contributed by atoms with van der Waals surface area (Å²) in [6.45, 7) is 1.93. The standard InChI is InChI=1S/C14H14ClN3/c1-9-11(6-7-16)14(18(2)3)12-5-4-10(15)8-13(12)17-9/h4-5,8H,6H2,1-3H3. The number of hydrogen-bond donors (Lipinski definition) is 0. The minimum Gasteiger partial charge on any atom is -0.377 e. The molecule has 0 radical (unpaired) electrons. The molecule has 2 aromatic rings. The van der Waals surface area contributed by atoms with Gasteiger partial charge in [0.25, 0.3) is 0 Å². The van der Waals surface area contributed by atoms with Crippen LogP contribution in [0.25, 0.3) is 10.9 Å². The molecule has 0 unspecified atom stereocenters. The molecular formula is C14H14ClN3. The largest absolute Gasteiger partial charge is 0.377 e. The molecule has 3 nitrogen and oxygen atoms in total. The predicted molar refractivity (Wildman–Crippen MR) is 75.1 cm³/mol. The Morgan fingerprint density at radius 3 is 2.72 bits per heavy atom. The lowest BCUT2D eigenvalue weighted by molar-refractivity contribution is 1.06. The Bertz CT molecular complexity index is 642. The van der Waals surface area contributed by atoms with Crippen LogP contribution in [0.1, 0.15) is 11.3 Å². The average molecular weight is 260 g/mol. The van der Waals surface area contributed by atoms with Gasteiger partial charge < -0.3 is 4.90 Å². The smallest absolute Gasteiger partial charge is 0.0741 e. The molecule has 0 aliphatic rings. The van der Waals surface area contributed by atoms with Crippen molar-refractivity contribution in [3.8, 4) is 6.07 Å². The van der Waals surface area contributed by atoms with Crippen LogP contribution in [0, 0.1) is 18.3 Å². The summed E-state index contributed by atoms with van der Waals surface area (Å²) in [7, 11) is 3.95. The molecule has 1 aromatic carbocycles. The fourth-order valence-corrected chi connectivity index (χ4v) is 2.35.